The molecular weight excluding hydrogens is 240 g/mol. The first-order valence-electron chi connectivity index (χ1n) is 5.82. The van der Waals surface area contributed by atoms with E-state index in [1.165, 1.54) is 0 Å². The molecule has 0 heterocycles. The molecule has 1 atom stereocenters. The van der Waals surface area contributed by atoms with E-state index in [9.17, 15) is 9.59 Å². The summed E-state index contributed by atoms with van der Waals surface area (Å²) in [6.07, 6.45) is -0.688. The highest BCUT2D eigenvalue weighted by molar-refractivity contribution is 5.67. The van der Waals surface area contributed by atoms with Gasteiger partial charge in [0.15, 0.2) is 0 Å². The van der Waals surface area contributed by atoms with Gasteiger partial charge >= 0.3 is 12.2 Å². The van der Waals surface area contributed by atoms with Crippen LogP contribution in [-0.4, -0.2) is 47.2 Å². The van der Waals surface area contributed by atoms with Crippen molar-refractivity contribution >= 4 is 12.2 Å². The normalized spacial score (nSPS) is 12.7. The van der Waals surface area contributed by atoms with Gasteiger partial charge in [-0.25, -0.2) is 9.59 Å². The summed E-state index contributed by atoms with van der Waals surface area (Å²) in [5, 5.41) is 22.1. The molecule has 0 aromatic rings. The van der Waals surface area contributed by atoms with E-state index in [2.05, 4.69) is 10.6 Å². The molecule has 7 heteroatoms. The minimum Gasteiger partial charge on any atom is -0.465 e. The number of amides is 2. The van der Waals surface area contributed by atoms with E-state index in [-0.39, 0.29) is 6.61 Å². The molecule has 0 bridgehead atoms. The molecule has 7 nitrogen and oxygen atoms in total. The van der Waals surface area contributed by atoms with E-state index < -0.39 is 23.8 Å². The number of rotatable bonds is 6. The maximum atomic E-state index is 11.3. The summed E-state index contributed by atoms with van der Waals surface area (Å²) >= 11 is 0. The molecule has 0 saturated carbocycles. The van der Waals surface area contributed by atoms with Crippen molar-refractivity contribution in [3.63, 3.8) is 0 Å². The Hall–Kier alpha value is -1.50. The summed E-state index contributed by atoms with van der Waals surface area (Å²) in [6.45, 7) is 5.41. The number of ether oxygens (including phenoxy) is 1. The maximum Gasteiger partial charge on any atom is 0.407 e. The quantitative estimate of drug-likeness (QED) is 0.532. The van der Waals surface area contributed by atoms with E-state index in [4.69, 9.17) is 14.9 Å². The largest absolute Gasteiger partial charge is 0.465 e. The van der Waals surface area contributed by atoms with Gasteiger partial charge in [0.1, 0.15) is 5.60 Å². The predicted octanol–water partition coefficient (Wildman–Crippen LogP) is 0.920. The number of aliphatic hydroxyl groups excluding tert-OH is 1. The van der Waals surface area contributed by atoms with Crippen LogP contribution in [0.4, 0.5) is 9.59 Å². The van der Waals surface area contributed by atoms with E-state index in [1.807, 2.05) is 0 Å². The highest BCUT2D eigenvalue weighted by atomic mass is 16.6. The van der Waals surface area contributed by atoms with Crippen molar-refractivity contribution in [1.29, 1.82) is 0 Å². The lowest BCUT2D eigenvalue weighted by molar-refractivity contribution is 0.0526. The van der Waals surface area contributed by atoms with Crippen LogP contribution in [0.2, 0.25) is 0 Å². The molecule has 0 aliphatic heterocycles. The van der Waals surface area contributed by atoms with Crippen molar-refractivity contribution in [2.75, 3.05) is 13.2 Å². The molecule has 0 aromatic heterocycles. The molecule has 106 valence electrons. The van der Waals surface area contributed by atoms with E-state index in [1.54, 1.807) is 20.8 Å². The second kappa shape index (κ2) is 7.75. The minimum atomic E-state index is -1.17. The molecule has 4 N–H and O–H groups in total. The van der Waals surface area contributed by atoms with Crippen molar-refractivity contribution in [3.8, 4) is 0 Å². The van der Waals surface area contributed by atoms with Gasteiger partial charge in [0.25, 0.3) is 0 Å². The highest BCUT2D eigenvalue weighted by Gasteiger charge is 2.15. The van der Waals surface area contributed by atoms with Gasteiger partial charge < -0.3 is 25.6 Å². The smallest absolute Gasteiger partial charge is 0.407 e. The number of alkyl carbamates (subject to hydrolysis) is 1. The number of carbonyl (C=O) groups excluding carboxylic acids is 1. The summed E-state index contributed by atoms with van der Waals surface area (Å²) in [6, 6.07) is -0.511. The molecule has 0 fully saturated rings. The van der Waals surface area contributed by atoms with Crippen LogP contribution in [0.5, 0.6) is 0 Å². The predicted molar refractivity (Wildman–Crippen MR) is 65.5 cm³/mol. The van der Waals surface area contributed by atoms with E-state index >= 15 is 0 Å². The first-order valence-corrected chi connectivity index (χ1v) is 5.82. The SMILES string of the molecule is CC(C)(C)OC(=O)NCCC[C@@H](CO)NC(=O)O. The molecule has 0 aliphatic rings. The Morgan fingerprint density at radius 3 is 2.39 bits per heavy atom. The number of aliphatic hydroxyl groups is 1. The second-order valence-corrected chi connectivity index (χ2v) is 4.90. The molecular formula is C11H22N2O5. The molecule has 0 aliphatic carbocycles. The Balaban J connectivity index is 3.72. The fourth-order valence-corrected chi connectivity index (χ4v) is 1.24. The fourth-order valence-electron chi connectivity index (χ4n) is 1.24. The summed E-state index contributed by atoms with van der Waals surface area (Å²) in [7, 11) is 0. The average Bonchev–Trinajstić information content (AvgIpc) is 2.19. The van der Waals surface area contributed by atoms with Crippen molar-refractivity contribution in [2.45, 2.75) is 45.3 Å². The summed E-state index contributed by atoms with van der Waals surface area (Å²) in [4.78, 5) is 21.6. The standard InChI is InChI=1S/C11H22N2O5/c1-11(2,3)18-10(17)12-6-4-5-8(7-14)13-9(15)16/h8,13-14H,4-7H2,1-3H3,(H,12,17)(H,15,16)/t8-/m0/s1. The highest BCUT2D eigenvalue weighted by Crippen LogP contribution is 2.06. The molecule has 0 saturated heterocycles. The van der Waals surface area contributed by atoms with Gasteiger partial charge in [-0.05, 0) is 33.6 Å². The van der Waals surface area contributed by atoms with E-state index in [0.29, 0.717) is 19.4 Å². The van der Waals surface area contributed by atoms with E-state index in [0.717, 1.165) is 0 Å². The third-order valence-electron chi connectivity index (χ3n) is 1.95. The molecule has 2 amide bonds. The molecule has 0 aromatic carbocycles. The third-order valence-corrected chi connectivity index (χ3v) is 1.95. The zero-order chi connectivity index (χ0) is 14.2. The lowest BCUT2D eigenvalue weighted by atomic mass is 10.1. The van der Waals surface area contributed by atoms with Gasteiger partial charge in [0.2, 0.25) is 0 Å². The van der Waals surface area contributed by atoms with Crippen LogP contribution in [0.1, 0.15) is 33.6 Å². The minimum absolute atomic E-state index is 0.265. The summed E-state index contributed by atoms with van der Waals surface area (Å²) in [5.41, 5.74) is -0.539. The van der Waals surface area contributed by atoms with Crippen LogP contribution < -0.4 is 10.6 Å². The Morgan fingerprint density at radius 2 is 1.94 bits per heavy atom. The summed E-state index contributed by atoms with van der Waals surface area (Å²) in [5.74, 6) is 0. The Labute approximate surface area is 107 Å². The van der Waals surface area contributed by atoms with Gasteiger partial charge in [-0.15, -0.1) is 0 Å². The molecule has 18 heavy (non-hydrogen) atoms. The van der Waals surface area contributed by atoms with Crippen LogP contribution in [0.25, 0.3) is 0 Å². The zero-order valence-corrected chi connectivity index (χ0v) is 11.0. The second-order valence-electron chi connectivity index (χ2n) is 4.90. The Morgan fingerprint density at radius 1 is 1.33 bits per heavy atom. The number of carboxylic acid groups (broad SMARTS) is 1. The number of nitrogens with one attached hydrogen (secondary N) is 2. The number of carbonyl (C=O) groups is 2. The van der Waals surface area contributed by atoms with Crippen molar-refractivity contribution in [1.82, 2.24) is 10.6 Å². The third kappa shape index (κ3) is 9.71. The summed E-state index contributed by atoms with van der Waals surface area (Å²) < 4.78 is 5.03. The zero-order valence-electron chi connectivity index (χ0n) is 11.0. The number of hydrogen-bond acceptors (Lipinski definition) is 4. The van der Waals surface area contributed by atoms with Gasteiger partial charge in [-0.1, -0.05) is 0 Å². The van der Waals surface area contributed by atoms with Crippen LogP contribution >= 0.6 is 0 Å². The maximum absolute atomic E-state index is 11.3. The van der Waals surface area contributed by atoms with Crippen LogP contribution in [0, 0.1) is 0 Å². The first-order chi connectivity index (χ1) is 8.24. The lowest BCUT2D eigenvalue weighted by Crippen LogP contribution is -2.37. The van der Waals surface area contributed by atoms with Crippen LogP contribution in [0.15, 0.2) is 0 Å². The van der Waals surface area contributed by atoms with Crippen molar-refractivity contribution in [3.05, 3.63) is 0 Å². The van der Waals surface area contributed by atoms with Gasteiger partial charge in [-0.3, -0.25) is 0 Å². The van der Waals surface area contributed by atoms with Crippen LogP contribution in [0.3, 0.4) is 0 Å². The van der Waals surface area contributed by atoms with Gasteiger partial charge in [-0.2, -0.15) is 0 Å². The fraction of sp³-hybridized carbons (Fsp3) is 0.818. The average molecular weight is 262 g/mol. The van der Waals surface area contributed by atoms with Crippen molar-refractivity contribution in [2.24, 2.45) is 0 Å². The van der Waals surface area contributed by atoms with Crippen LogP contribution in [-0.2, 0) is 4.74 Å². The Bertz CT molecular complexity index is 275. The molecule has 0 radical (unpaired) electrons. The number of hydrogen-bond donors (Lipinski definition) is 4. The van der Waals surface area contributed by atoms with Gasteiger partial charge in [0, 0.05) is 6.54 Å². The topological polar surface area (TPSA) is 108 Å². The molecule has 0 spiro atoms. The first kappa shape index (κ1) is 16.5. The molecule has 0 rings (SSSR count). The molecule has 0 unspecified atom stereocenters. The van der Waals surface area contributed by atoms with Crippen molar-refractivity contribution < 1.29 is 24.5 Å². The van der Waals surface area contributed by atoms with Gasteiger partial charge in [0.05, 0.1) is 12.6 Å². The monoisotopic (exact) mass is 262 g/mol. The lowest BCUT2D eigenvalue weighted by Gasteiger charge is -2.20. The Kier molecular flexibility index (Phi) is 7.11.